The summed E-state index contributed by atoms with van der Waals surface area (Å²) < 4.78 is 0. The number of amides is 2. The number of likely N-dealkylation sites (tertiary alicyclic amines) is 1. The molecule has 0 aliphatic carbocycles. The monoisotopic (exact) mass is 195 g/mol. The molecule has 0 bridgehead atoms. The molecule has 0 unspecified atom stereocenters. The van der Waals surface area contributed by atoms with E-state index in [1.54, 1.807) is 6.08 Å². The van der Waals surface area contributed by atoms with E-state index in [1.807, 2.05) is 0 Å². The zero-order valence-corrected chi connectivity index (χ0v) is 8.50. The number of hydrogen-bond donors (Lipinski definition) is 0. The lowest BCUT2D eigenvalue weighted by molar-refractivity contribution is -0.146. The average Bonchev–Trinajstić information content (AvgIpc) is 2.18. The summed E-state index contributed by atoms with van der Waals surface area (Å²) in [6, 6.07) is 0. The van der Waals surface area contributed by atoms with Crippen LogP contribution in [0, 0.1) is 0 Å². The SMILES string of the molecule is C=CCCCC(=O)N1CCCCC1=O. The molecule has 0 saturated carbocycles. The van der Waals surface area contributed by atoms with Gasteiger partial charge in [0.05, 0.1) is 0 Å². The Balaban J connectivity index is 2.34. The number of allylic oxidation sites excluding steroid dienone is 1. The van der Waals surface area contributed by atoms with Crippen molar-refractivity contribution < 1.29 is 9.59 Å². The van der Waals surface area contributed by atoms with Crippen LogP contribution in [0.1, 0.15) is 38.5 Å². The molecule has 78 valence electrons. The van der Waals surface area contributed by atoms with Gasteiger partial charge in [-0.15, -0.1) is 6.58 Å². The molecule has 2 amide bonds. The van der Waals surface area contributed by atoms with E-state index in [1.165, 1.54) is 4.90 Å². The van der Waals surface area contributed by atoms with Crippen LogP contribution in [0.25, 0.3) is 0 Å². The van der Waals surface area contributed by atoms with Gasteiger partial charge in [-0.2, -0.15) is 0 Å². The van der Waals surface area contributed by atoms with Gasteiger partial charge in [-0.3, -0.25) is 14.5 Å². The van der Waals surface area contributed by atoms with E-state index < -0.39 is 0 Å². The standard InChI is InChI=1S/C11H17NO2/c1-2-3-4-7-10(13)12-9-6-5-8-11(12)14/h2H,1,3-9H2. The quantitative estimate of drug-likeness (QED) is 0.507. The molecule has 0 spiro atoms. The van der Waals surface area contributed by atoms with Gasteiger partial charge in [0, 0.05) is 19.4 Å². The van der Waals surface area contributed by atoms with Crippen LogP contribution in [-0.2, 0) is 9.59 Å². The van der Waals surface area contributed by atoms with E-state index in [9.17, 15) is 9.59 Å². The lowest BCUT2D eigenvalue weighted by atomic mass is 10.1. The van der Waals surface area contributed by atoms with Crippen LogP contribution < -0.4 is 0 Å². The highest BCUT2D eigenvalue weighted by atomic mass is 16.2. The largest absolute Gasteiger partial charge is 0.283 e. The van der Waals surface area contributed by atoms with Crippen molar-refractivity contribution in [1.82, 2.24) is 4.90 Å². The van der Waals surface area contributed by atoms with Gasteiger partial charge < -0.3 is 0 Å². The molecule has 14 heavy (non-hydrogen) atoms. The van der Waals surface area contributed by atoms with Crippen molar-refractivity contribution >= 4 is 11.8 Å². The highest BCUT2D eigenvalue weighted by molar-refractivity contribution is 5.95. The Morgan fingerprint density at radius 2 is 2.29 bits per heavy atom. The molecule has 0 aromatic rings. The van der Waals surface area contributed by atoms with Gasteiger partial charge >= 0.3 is 0 Å². The number of nitrogens with zero attached hydrogens (tertiary/aromatic N) is 1. The fourth-order valence-electron chi connectivity index (χ4n) is 1.60. The zero-order valence-electron chi connectivity index (χ0n) is 8.50. The molecule has 0 aromatic heterocycles. The minimum absolute atomic E-state index is 0.000136. The normalized spacial score (nSPS) is 16.9. The minimum atomic E-state index is -0.0171. The van der Waals surface area contributed by atoms with Crippen molar-refractivity contribution in [2.24, 2.45) is 0 Å². The predicted octanol–water partition coefficient (Wildman–Crippen LogP) is 1.88. The van der Waals surface area contributed by atoms with Crippen LogP contribution >= 0.6 is 0 Å². The van der Waals surface area contributed by atoms with E-state index in [4.69, 9.17) is 0 Å². The van der Waals surface area contributed by atoms with E-state index in [0.717, 1.165) is 25.7 Å². The molecule has 0 radical (unpaired) electrons. The number of unbranched alkanes of at least 4 members (excludes halogenated alkanes) is 1. The summed E-state index contributed by atoms with van der Waals surface area (Å²) in [5, 5.41) is 0. The summed E-state index contributed by atoms with van der Waals surface area (Å²) in [4.78, 5) is 24.3. The first kappa shape index (κ1) is 11.0. The van der Waals surface area contributed by atoms with E-state index >= 15 is 0 Å². The van der Waals surface area contributed by atoms with Crippen LogP contribution in [0.4, 0.5) is 0 Å². The highest BCUT2D eigenvalue weighted by Gasteiger charge is 2.23. The molecule has 1 saturated heterocycles. The van der Waals surface area contributed by atoms with Gasteiger partial charge in [-0.05, 0) is 25.7 Å². The molecular weight excluding hydrogens is 178 g/mol. The Hall–Kier alpha value is -1.12. The van der Waals surface area contributed by atoms with Gasteiger partial charge in [0.1, 0.15) is 0 Å². The summed E-state index contributed by atoms with van der Waals surface area (Å²) in [5.74, 6) is -0.0172. The fraction of sp³-hybridized carbons (Fsp3) is 0.636. The summed E-state index contributed by atoms with van der Waals surface area (Å²) in [6.07, 6.45) is 6.32. The van der Waals surface area contributed by atoms with Crippen molar-refractivity contribution in [2.75, 3.05) is 6.54 Å². The first-order chi connectivity index (χ1) is 6.75. The molecule has 1 rings (SSSR count). The van der Waals surface area contributed by atoms with Crippen molar-refractivity contribution in [3.05, 3.63) is 12.7 Å². The first-order valence-electron chi connectivity index (χ1n) is 5.20. The van der Waals surface area contributed by atoms with Crippen LogP contribution in [0.5, 0.6) is 0 Å². The lowest BCUT2D eigenvalue weighted by Gasteiger charge is -2.24. The van der Waals surface area contributed by atoms with Crippen molar-refractivity contribution in [3.63, 3.8) is 0 Å². The smallest absolute Gasteiger partial charge is 0.229 e. The van der Waals surface area contributed by atoms with Crippen molar-refractivity contribution in [1.29, 1.82) is 0 Å². The molecular formula is C11H17NO2. The fourth-order valence-corrected chi connectivity index (χ4v) is 1.60. The Morgan fingerprint density at radius 1 is 1.50 bits per heavy atom. The van der Waals surface area contributed by atoms with Crippen molar-refractivity contribution in [3.8, 4) is 0 Å². The molecule has 1 heterocycles. The molecule has 0 aromatic carbocycles. The predicted molar refractivity (Wildman–Crippen MR) is 54.6 cm³/mol. The summed E-state index contributed by atoms with van der Waals surface area (Å²) >= 11 is 0. The van der Waals surface area contributed by atoms with Crippen molar-refractivity contribution in [2.45, 2.75) is 38.5 Å². The molecule has 1 fully saturated rings. The van der Waals surface area contributed by atoms with Crippen LogP contribution in [-0.4, -0.2) is 23.3 Å². The Morgan fingerprint density at radius 3 is 2.93 bits per heavy atom. The Kier molecular flexibility index (Phi) is 4.36. The number of rotatable bonds is 4. The number of carbonyl (C=O) groups is 2. The molecule has 3 heteroatoms. The van der Waals surface area contributed by atoms with E-state index in [-0.39, 0.29) is 11.8 Å². The van der Waals surface area contributed by atoms with Gasteiger partial charge in [0.15, 0.2) is 0 Å². The summed E-state index contributed by atoms with van der Waals surface area (Å²) in [7, 11) is 0. The van der Waals surface area contributed by atoms with Crippen LogP contribution in [0.15, 0.2) is 12.7 Å². The second kappa shape index (κ2) is 5.58. The maximum Gasteiger partial charge on any atom is 0.229 e. The third kappa shape index (κ3) is 2.98. The minimum Gasteiger partial charge on any atom is -0.283 e. The molecule has 3 nitrogen and oxygen atoms in total. The number of carbonyl (C=O) groups excluding carboxylic acids is 2. The number of imide groups is 1. The summed E-state index contributed by atoms with van der Waals surface area (Å²) in [5.41, 5.74) is 0. The highest BCUT2D eigenvalue weighted by Crippen LogP contribution is 2.12. The number of piperidine rings is 1. The maximum atomic E-state index is 11.6. The van der Waals surface area contributed by atoms with Gasteiger partial charge in [0.2, 0.25) is 11.8 Å². The lowest BCUT2D eigenvalue weighted by Crippen LogP contribution is -2.40. The molecule has 1 aliphatic rings. The van der Waals surface area contributed by atoms with Crippen LogP contribution in [0.2, 0.25) is 0 Å². The first-order valence-corrected chi connectivity index (χ1v) is 5.20. The third-order valence-electron chi connectivity index (χ3n) is 2.42. The zero-order chi connectivity index (χ0) is 10.4. The van der Waals surface area contributed by atoms with Crippen LogP contribution in [0.3, 0.4) is 0 Å². The number of hydrogen-bond acceptors (Lipinski definition) is 2. The average molecular weight is 195 g/mol. The van der Waals surface area contributed by atoms with Gasteiger partial charge in [-0.1, -0.05) is 6.08 Å². The molecule has 1 aliphatic heterocycles. The van der Waals surface area contributed by atoms with E-state index in [2.05, 4.69) is 6.58 Å². The van der Waals surface area contributed by atoms with Gasteiger partial charge in [-0.25, -0.2) is 0 Å². The Bertz CT molecular complexity index is 235. The Labute approximate surface area is 84.8 Å². The topological polar surface area (TPSA) is 37.4 Å². The van der Waals surface area contributed by atoms with Gasteiger partial charge in [0.25, 0.3) is 0 Å². The second-order valence-corrected chi connectivity index (χ2v) is 3.58. The van der Waals surface area contributed by atoms with E-state index in [0.29, 0.717) is 19.4 Å². The molecule has 0 atom stereocenters. The summed E-state index contributed by atoms with van der Waals surface area (Å²) in [6.45, 7) is 4.21. The third-order valence-corrected chi connectivity index (χ3v) is 2.42. The second-order valence-electron chi connectivity index (χ2n) is 3.58. The maximum absolute atomic E-state index is 11.6. The molecule has 0 N–H and O–H groups in total.